The Kier molecular flexibility index (Phi) is 3.94. The minimum Gasteiger partial charge on any atom is -0.495 e. The summed E-state index contributed by atoms with van der Waals surface area (Å²) >= 11 is 0. The van der Waals surface area contributed by atoms with Crippen LogP contribution in [0.1, 0.15) is 6.92 Å². The largest absolute Gasteiger partial charge is 0.495 e. The summed E-state index contributed by atoms with van der Waals surface area (Å²) in [6.45, 7) is 2.75. The van der Waals surface area contributed by atoms with E-state index in [2.05, 4.69) is 25.4 Å². The predicted molar refractivity (Wildman–Crippen MR) is 105 cm³/mol. The molecule has 0 aliphatic rings. The number of aromatic nitrogens is 7. The second kappa shape index (κ2) is 6.62. The summed E-state index contributed by atoms with van der Waals surface area (Å²) in [5, 5.41) is 16.2. The summed E-state index contributed by atoms with van der Waals surface area (Å²) in [7, 11) is 1.55. The maximum atomic E-state index is 14.8. The average molecular weight is 389 g/mol. The number of aryl methyl sites for hydroxylation is 1. The van der Waals surface area contributed by atoms with E-state index >= 15 is 0 Å². The van der Waals surface area contributed by atoms with Gasteiger partial charge in [0.05, 0.1) is 25.8 Å². The van der Waals surface area contributed by atoms with Crippen molar-refractivity contribution in [2.24, 2.45) is 0 Å². The van der Waals surface area contributed by atoms with Crippen LogP contribution in [0.3, 0.4) is 0 Å². The molecule has 0 radical (unpaired) electrons. The number of hydrogen-bond donors (Lipinski definition) is 0. The Hall–Kier alpha value is -3.88. The molecule has 29 heavy (non-hydrogen) atoms. The summed E-state index contributed by atoms with van der Waals surface area (Å²) in [4.78, 5) is 4.48. The maximum absolute atomic E-state index is 14.8. The number of rotatable bonds is 4. The molecule has 5 rings (SSSR count). The first kappa shape index (κ1) is 17.2. The molecule has 0 saturated heterocycles. The molecular formula is C20H16FN7O. The van der Waals surface area contributed by atoms with E-state index in [-0.39, 0.29) is 5.82 Å². The van der Waals surface area contributed by atoms with Crippen LogP contribution in [-0.2, 0) is 6.54 Å². The minimum atomic E-state index is -0.367. The Bertz CT molecular complexity index is 1360. The molecule has 4 aromatic heterocycles. The molecule has 0 fully saturated rings. The van der Waals surface area contributed by atoms with Crippen molar-refractivity contribution in [3.63, 3.8) is 0 Å². The van der Waals surface area contributed by atoms with E-state index in [4.69, 9.17) is 4.74 Å². The van der Waals surface area contributed by atoms with Gasteiger partial charge >= 0.3 is 0 Å². The fraction of sp³-hybridized carbons (Fsp3) is 0.150. The van der Waals surface area contributed by atoms with E-state index in [9.17, 15) is 4.39 Å². The highest BCUT2D eigenvalue weighted by Crippen LogP contribution is 2.36. The monoisotopic (exact) mass is 389 g/mol. The summed E-state index contributed by atoms with van der Waals surface area (Å²) in [5.41, 5.74) is 4.56. The van der Waals surface area contributed by atoms with Gasteiger partial charge in [0, 0.05) is 23.2 Å². The molecule has 0 spiro atoms. The van der Waals surface area contributed by atoms with Crippen molar-refractivity contribution < 1.29 is 9.13 Å². The van der Waals surface area contributed by atoms with E-state index in [1.54, 1.807) is 54.8 Å². The maximum Gasteiger partial charge on any atom is 0.183 e. The number of methoxy groups -OCH3 is 1. The van der Waals surface area contributed by atoms with Crippen molar-refractivity contribution in [3.05, 3.63) is 55.1 Å². The topological polar surface area (TPSA) is 83.0 Å². The zero-order valence-electron chi connectivity index (χ0n) is 15.7. The quantitative estimate of drug-likeness (QED) is 0.469. The molecule has 9 heteroatoms. The van der Waals surface area contributed by atoms with Gasteiger partial charge in [0.15, 0.2) is 11.3 Å². The molecule has 0 unspecified atom stereocenters. The molecule has 8 nitrogen and oxygen atoms in total. The van der Waals surface area contributed by atoms with Gasteiger partial charge in [0.25, 0.3) is 0 Å². The number of nitrogens with zero attached hydrogens (tertiary/aromatic N) is 7. The van der Waals surface area contributed by atoms with E-state index in [1.807, 2.05) is 11.5 Å². The van der Waals surface area contributed by atoms with E-state index in [0.29, 0.717) is 28.2 Å². The number of halogens is 1. The van der Waals surface area contributed by atoms with E-state index in [1.165, 1.54) is 6.07 Å². The molecule has 144 valence electrons. The fourth-order valence-corrected chi connectivity index (χ4v) is 3.44. The minimum absolute atomic E-state index is 0.367. The molecule has 0 aliphatic heterocycles. The highest BCUT2D eigenvalue weighted by atomic mass is 19.1. The van der Waals surface area contributed by atoms with Gasteiger partial charge in [0.1, 0.15) is 23.4 Å². The molecule has 4 heterocycles. The Morgan fingerprint density at radius 1 is 1.03 bits per heavy atom. The number of pyridine rings is 1. The Balaban J connectivity index is 1.72. The van der Waals surface area contributed by atoms with Gasteiger partial charge in [0.2, 0.25) is 0 Å². The number of benzene rings is 1. The summed E-state index contributed by atoms with van der Waals surface area (Å²) < 4.78 is 24.0. The van der Waals surface area contributed by atoms with Crippen LogP contribution in [0.5, 0.6) is 5.75 Å². The number of imidazole rings is 1. The first-order valence-corrected chi connectivity index (χ1v) is 9.03. The normalized spacial score (nSPS) is 11.4. The lowest BCUT2D eigenvalue weighted by molar-refractivity contribution is 0.414. The SMILES string of the molecule is CCn1cnc2c(-c3ccc(F)c(-c4cc5nncn5cc4OC)c3)cnnc21. The van der Waals surface area contributed by atoms with Crippen LogP contribution in [0, 0.1) is 5.82 Å². The second-order valence-electron chi connectivity index (χ2n) is 6.51. The predicted octanol–water partition coefficient (Wildman–Crippen LogP) is 3.37. The number of fused-ring (bicyclic) bond motifs is 2. The fourth-order valence-electron chi connectivity index (χ4n) is 3.44. The van der Waals surface area contributed by atoms with Crippen molar-refractivity contribution in [1.29, 1.82) is 0 Å². The van der Waals surface area contributed by atoms with Gasteiger partial charge < -0.3 is 9.30 Å². The van der Waals surface area contributed by atoms with Crippen molar-refractivity contribution in [3.8, 4) is 28.0 Å². The third-order valence-electron chi connectivity index (χ3n) is 4.93. The molecular weight excluding hydrogens is 373 g/mol. The van der Waals surface area contributed by atoms with Gasteiger partial charge in [-0.05, 0) is 30.7 Å². The third-order valence-corrected chi connectivity index (χ3v) is 4.93. The Labute approximate surface area is 164 Å². The van der Waals surface area contributed by atoms with Gasteiger partial charge in [-0.15, -0.1) is 15.3 Å². The summed E-state index contributed by atoms with van der Waals surface area (Å²) in [6, 6.07) is 6.66. The van der Waals surface area contributed by atoms with Gasteiger partial charge in [-0.2, -0.15) is 5.10 Å². The van der Waals surface area contributed by atoms with Crippen LogP contribution < -0.4 is 4.74 Å². The average Bonchev–Trinajstić information content (AvgIpc) is 3.39. The summed E-state index contributed by atoms with van der Waals surface area (Å²) in [6.07, 6.45) is 6.67. The zero-order chi connectivity index (χ0) is 20.0. The molecule has 0 N–H and O–H groups in total. The van der Waals surface area contributed by atoms with Gasteiger partial charge in [-0.25, -0.2) is 9.37 Å². The zero-order valence-corrected chi connectivity index (χ0v) is 15.7. The highest BCUT2D eigenvalue weighted by Gasteiger charge is 2.17. The number of hydrogen-bond acceptors (Lipinski definition) is 6. The van der Waals surface area contributed by atoms with Crippen molar-refractivity contribution in [1.82, 2.24) is 34.3 Å². The molecule has 1 aromatic carbocycles. The van der Waals surface area contributed by atoms with Gasteiger partial charge in [-0.1, -0.05) is 6.07 Å². The molecule has 0 amide bonds. The van der Waals surface area contributed by atoms with Crippen molar-refractivity contribution in [2.75, 3.05) is 7.11 Å². The van der Waals surface area contributed by atoms with Crippen LogP contribution in [0.4, 0.5) is 4.39 Å². The molecule has 0 aliphatic carbocycles. The first-order valence-electron chi connectivity index (χ1n) is 9.03. The van der Waals surface area contributed by atoms with Crippen LogP contribution >= 0.6 is 0 Å². The molecule has 0 bridgehead atoms. The van der Waals surface area contributed by atoms with Gasteiger partial charge in [-0.3, -0.25) is 4.40 Å². The Morgan fingerprint density at radius 3 is 2.76 bits per heavy atom. The third kappa shape index (κ3) is 2.70. The van der Waals surface area contributed by atoms with Crippen LogP contribution in [0.15, 0.2) is 49.3 Å². The standard InChI is InChI=1S/C20H16FN7O/c1-3-27-10-22-19-15(8-23-26-20(19)27)12-4-5-16(21)13(6-12)14-7-18-25-24-11-28(18)9-17(14)29-2/h4-11H,3H2,1-2H3. The molecule has 5 aromatic rings. The Morgan fingerprint density at radius 2 is 1.93 bits per heavy atom. The smallest absolute Gasteiger partial charge is 0.183 e. The summed E-state index contributed by atoms with van der Waals surface area (Å²) in [5.74, 6) is 0.148. The number of ether oxygens (including phenoxy) is 1. The van der Waals surface area contributed by atoms with Crippen molar-refractivity contribution in [2.45, 2.75) is 13.5 Å². The molecule has 0 atom stereocenters. The molecule has 0 saturated carbocycles. The lowest BCUT2D eigenvalue weighted by Crippen LogP contribution is -1.97. The van der Waals surface area contributed by atoms with Crippen LogP contribution in [0.2, 0.25) is 0 Å². The van der Waals surface area contributed by atoms with Crippen LogP contribution in [0.25, 0.3) is 39.1 Å². The van der Waals surface area contributed by atoms with E-state index < -0.39 is 0 Å². The van der Waals surface area contributed by atoms with Crippen LogP contribution in [-0.4, -0.2) is 41.5 Å². The lowest BCUT2D eigenvalue weighted by atomic mass is 9.99. The lowest BCUT2D eigenvalue weighted by Gasteiger charge is -2.12. The van der Waals surface area contributed by atoms with Crippen molar-refractivity contribution >= 4 is 16.8 Å². The van der Waals surface area contributed by atoms with E-state index in [0.717, 1.165) is 23.2 Å². The second-order valence-corrected chi connectivity index (χ2v) is 6.51. The first-order chi connectivity index (χ1) is 14.2. The highest BCUT2D eigenvalue weighted by molar-refractivity contribution is 5.90.